The van der Waals surface area contributed by atoms with E-state index in [-0.39, 0.29) is 12.6 Å². The molecule has 3 aromatic rings. The summed E-state index contributed by atoms with van der Waals surface area (Å²) in [7, 11) is -1.81. The van der Waals surface area contributed by atoms with Crippen molar-refractivity contribution in [3.05, 3.63) is 59.2 Å². The Bertz CT molecular complexity index is 1180. The molecule has 0 unspecified atom stereocenters. The molecule has 9 nitrogen and oxygen atoms in total. The van der Waals surface area contributed by atoms with Gasteiger partial charge in [0.15, 0.2) is 0 Å². The number of halogens is 1. The van der Waals surface area contributed by atoms with Gasteiger partial charge in [0.1, 0.15) is 0 Å². The largest absolute Gasteiger partial charge is 0.421 e. The number of rotatable bonds is 6. The van der Waals surface area contributed by atoms with Crippen LogP contribution in [0.2, 0.25) is 5.02 Å². The van der Waals surface area contributed by atoms with Crippen LogP contribution in [0.15, 0.2) is 47.0 Å². The highest BCUT2D eigenvalue weighted by Crippen LogP contribution is 2.27. The van der Waals surface area contributed by atoms with Crippen LogP contribution in [0.5, 0.6) is 0 Å². The van der Waals surface area contributed by atoms with Gasteiger partial charge in [-0.15, -0.1) is 10.2 Å². The number of hydrogen-bond donors (Lipinski definition) is 0. The summed E-state index contributed by atoms with van der Waals surface area (Å²) in [5, 5.41) is 8.28. The fourth-order valence-corrected chi connectivity index (χ4v) is 5.36. The van der Waals surface area contributed by atoms with Crippen LogP contribution in [-0.2, 0) is 16.8 Å². The second-order valence-corrected chi connectivity index (χ2v) is 10.1. The van der Waals surface area contributed by atoms with E-state index in [1.165, 1.54) is 8.61 Å². The molecule has 0 aliphatic carbocycles. The molecule has 1 fully saturated rings. The van der Waals surface area contributed by atoms with Crippen molar-refractivity contribution in [3.8, 4) is 11.5 Å². The minimum Gasteiger partial charge on any atom is -0.421 e. The Labute approximate surface area is 192 Å². The molecule has 1 aliphatic rings. The number of piperazine rings is 1. The molecule has 1 aliphatic heterocycles. The quantitative estimate of drug-likeness (QED) is 0.539. The Balaban J connectivity index is 1.64. The molecule has 0 spiro atoms. The summed E-state index contributed by atoms with van der Waals surface area (Å²) in [6.45, 7) is 5.30. The molecular weight excluding hydrogens is 452 g/mol. The maximum atomic E-state index is 13.7. The molecule has 1 saturated heterocycles. The molecule has 1 aromatic carbocycles. The summed E-state index contributed by atoms with van der Waals surface area (Å²) >= 11 is 6.18. The van der Waals surface area contributed by atoms with E-state index in [1.807, 2.05) is 14.0 Å². The second kappa shape index (κ2) is 9.14. The summed E-state index contributed by atoms with van der Waals surface area (Å²) in [5.74, 6) is 0.830. The number of aryl methyl sites for hydroxylation is 1. The van der Waals surface area contributed by atoms with Crippen molar-refractivity contribution in [1.29, 1.82) is 0 Å². The van der Waals surface area contributed by atoms with E-state index in [0.29, 0.717) is 53.4 Å². The van der Waals surface area contributed by atoms with Gasteiger partial charge in [0.2, 0.25) is 11.8 Å². The van der Waals surface area contributed by atoms with Gasteiger partial charge in [-0.25, -0.2) is 0 Å². The lowest BCUT2D eigenvalue weighted by Crippen LogP contribution is -2.55. The average molecular weight is 477 g/mol. The monoisotopic (exact) mass is 476 g/mol. The van der Waals surface area contributed by atoms with Crippen molar-refractivity contribution in [1.82, 2.24) is 24.4 Å². The molecule has 11 heteroatoms. The van der Waals surface area contributed by atoms with Crippen LogP contribution in [0.1, 0.15) is 18.5 Å². The molecule has 2 aromatic heterocycles. The van der Waals surface area contributed by atoms with E-state index in [9.17, 15) is 8.42 Å². The molecule has 3 heterocycles. The Kier molecular flexibility index (Phi) is 6.47. The highest BCUT2D eigenvalue weighted by Gasteiger charge is 2.34. The van der Waals surface area contributed by atoms with Gasteiger partial charge in [0.25, 0.3) is 0 Å². The van der Waals surface area contributed by atoms with E-state index in [0.717, 1.165) is 0 Å². The van der Waals surface area contributed by atoms with Crippen molar-refractivity contribution in [3.63, 3.8) is 0 Å². The van der Waals surface area contributed by atoms with Gasteiger partial charge < -0.3 is 9.32 Å². The summed E-state index contributed by atoms with van der Waals surface area (Å²) in [4.78, 5) is 6.59. The first-order valence-corrected chi connectivity index (χ1v) is 12.0. The normalized spacial score (nSPS) is 18.1. The number of anilines is 1. The van der Waals surface area contributed by atoms with Crippen LogP contribution in [0, 0.1) is 6.92 Å². The zero-order valence-electron chi connectivity index (χ0n) is 18.1. The van der Waals surface area contributed by atoms with Gasteiger partial charge in [-0.2, -0.15) is 12.7 Å². The zero-order valence-corrected chi connectivity index (χ0v) is 19.7. The van der Waals surface area contributed by atoms with E-state index in [2.05, 4.69) is 20.1 Å². The van der Waals surface area contributed by atoms with Crippen molar-refractivity contribution < 1.29 is 12.8 Å². The fourth-order valence-electron chi connectivity index (χ4n) is 3.51. The van der Waals surface area contributed by atoms with E-state index in [4.69, 9.17) is 16.0 Å². The maximum Gasteiger partial charge on any atom is 0.304 e. The molecular formula is C21H25ClN6O3S. The molecule has 0 N–H and O–H groups in total. The highest BCUT2D eigenvalue weighted by atomic mass is 35.5. The van der Waals surface area contributed by atoms with Crippen molar-refractivity contribution in [2.75, 3.05) is 31.0 Å². The Hall–Kier alpha value is -2.53. The second-order valence-electron chi connectivity index (χ2n) is 7.85. The Morgan fingerprint density at radius 1 is 1.22 bits per heavy atom. The third kappa shape index (κ3) is 4.78. The Morgan fingerprint density at radius 3 is 2.66 bits per heavy atom. The van der Waals surface area contributed by atoms with Crippen LogP contribution < -0.4 is 4.31 Å². The van der Waals surface area contributed by atoms with Gasteiger partial charge in [0.05, 0.1) is 23.5 Å². The SMILES string of the molecule is Cc1nnc(-c2ccc(CN(c3cccc(Cl)c3)S(=O)(=O)N3CCN(C)[C@@H](C)C3)nc2)o1. The minimum atomic E-state index is -3.81. The Morgan fingerprint density at radius 2 is 2.03 bits per heavy atom. The van der Waals surface area contributed by atoms with Gasteiger partial charge in [-0.1, -0.05) is 17.7 Å². The number of pyridine rings is 1. The first-order valence-electron chi connectivity index (χ1n) is 10.2. The number of likely N-dealkylation sites (N-methyl/N-ethyl adjacent to an activating group) is 1. The fraction of sp³-hybridized carbons (Fsp3) is 0.381. The molecule has 4 rings (SSSR count). The number of benzene rings is 1. The van der Waals surface area contributed by atoms with Gasteiger partial charge in [-0.05, 0) is 44.3 Å². The van der Waals surface area contributed by atoms with Gasteiger partial charge in [0, 0.05) is 43.8 Å². The van der Waals surface area contributed by atoms with E-state index < -0.39 is 10.2 Å². The predicted molar refractivity (Wildman–Crippen MR) is 122 cm³/mol. The molecule has 0 saturated carbocycles. The smallest absolute Gasteiger partial charge is 0.304 e. The lowest BCUT2D eigenvalue weighted by molar-refractivity contribution is 0.159. The number of aromatic nitrogens is 3. The standard InChI is InChI=1S/C21H25ClN6O3S/c1-15-13-27(10-9-26(15)3)32(29,30)28(20-6-4-5-18(22)11-20)14-19-8-7-17(12-23-19)21-25-24-16(2)31-21/h4-8,11-12,15H,9-10,13-14H2,1-3H3/t15-/m0/s1. The lowest BCUT2D eigenvalue weighted by atomic mass is 10.2. The van der Waals surface area contributed by atoms with Crippen LogP contribution in [0.25, 0.3) is 11.5 Å². The third-order valence-electron chi connectivity index (χ3n) is 5.53. The lowest BCUT2D eigenvalue weighted by Gasteiger charge is -2.39. The zero-order chi connectivity index (χ0) is 22.9. The van der Waals surface area contributed by atoms with E-state index >= 15 is 0 Å². The highest BCUT2D eigenvalue weighted by molar-refractivity contribution is 7.90. The van der Waals surface area contributed by atoms with Crippen molar-refractivity contribution >= 4 is 27.5 Å². The van der Waals surface area contributed by atoms with Crippen molar-refractivity contribution in [2.45, 2.75) is 26.4 Å². The molecule has 1 atom stereocenters. The number of hydrogen-bond acceptors (Lipinski definition) is 7. The maximum absolute atomic E-state index is 13.7. The molecule has 0 radical (unpaired) electrons. The molecule has 32 heavy (non-hydrogen) atoms. The van der Waals surface area contributed by atoms with Crippen LogP contribution in [0.4, 0.5) is 5.69 Å². The summed E-state index contributed by atoms with van der Waals surface area (Å²) in [6.07, 6.45) is 1.60. The first kappa shape index (κ1) is 22.7. The topological polar surface area (TPSA) is 95.7 Å². The van der Waals surface area contributed by atoms with Gasteiger partial charge >= 0.3 is 10.2 Å². The van der Waals surface area contributed by atoms with Crippen LogP contribution >= 0.6 is 11.6 Å². The molecule has 0 amide bonds. The summed E-state index contributed by atoms with van der Waals surface area (Å²) in [5.41, 5.74) is 1.73. The van der Waals surface area contributed by atoms with Crippen LogP contribution in [0.3, 0.4) is 0 Å². The van der Waals surface area contributed by atoms with Gasteiger partial charge in [-0.3, -0.25) is 9.29 Å². The van der Waals surface area contributed by atoms with Crippen LogP contribution in [-0.4, -0.2) is 65.5 Å². The minimum absolute atomic E-state index is 0.0620. The number of nitrogens with zero attached hydrogens (tertiary/aromatic N) is 6. The summed E-state index contributed by atoms with van der Waals surface area (Å²) < 4.78 is 35.7. The summed E-state index contributed by atoms with van der Waals surface area (Å²) in [6, 6.07) is 10.5. The average Bonchev–Trinajstić information content (AvgIpc) is 3.20. The first-order chi connectivity index (χ1) is 15.2. The molecule has 170 valence electrons. The van der Waals surface area contributed by atoms with E-state index in [1.54, 1.807) is 49.5 Å². The van der Waals surface area contributed by atoms with Crippen molar-refractivity contribution in [2.24, 2.45) is 0 Å². The predicted octanol–water partition coefficient (Wildman–Crippen LogP) is 2.98. The molecule has 0 bridgehead atoms. The third-order valence-corrected chi connectivity index (χ3v) is 7.64.